The van der Waals surface area contributed by atoms with E-state index in [1.54, 1.807) is 30.3 Å². The Hall–Kier alpha value is -4.20. The van der Waals surface area contributed by atoms with E-state index in [-0.39, 0.29) is 19.1 Å². The molecule has 0 aliphatic rings. The van der Waals surface area contributed by atoms with Crippen LogP contribution in [0.2, 0.25) is 0 Å². The maximum absolute atomic E-state index is 14.7. The van der Waals surface area contributed by atoms with Gasteiger partial charge in [-0.05, 0) is 31.4 Å². The minimum Gasteiger partial charge on any atom is -0.474 e. The van der Waals surface area contributed by atoms with Crippen LogP contribution in [0, 0.1) is 10.1 Å². The highest BCUT2D eigenvalue weighted by Gasteiger charge is 2.44. The number of pyridine rings is 1. The van der Waals surface area contributed by atoms with Gasteiger partial charge in [0.1, 0.15) is 5.56 Å². The van der Waals surface area contributed by atoms with Crippen LogP contribution < -0.4 is 4.74 Å². The van der Waals surface area contributed by atoms with Gasteiger partial charge in [0.25, 0.3) is 11.8 Å². The van der Waals surface area contributed by atoms with E-state index in [0.717, 1.165) is 0 Å². The molecule has 3 rings (SSSR count). The standard InChI is InChI=1S/C25H23F5N4O5/c1-4-6-10-15(3)38-21-17(25(28,29)30)13-18(34(35)36)19(31-21)22-32-33-23(39-22)20(24(26,27)5-2)37-14-16-11-8-7-9-12-16/h4-5,7-9,11-13,15,20H,1-2,6,10,14H2,3H3/t15-,20?/m1/s1. The van der Waals surface area contributed by atoms with Gasteiger partial charge in [0.2, 0.25) is 17.7 Å². The van der Waals surface area contributed by atoms with E-state index in [1.807, 2.05) is 0 Å². The van der Waals surface area contributed by atoms with Gasteiger partial charge in [-0.15, -0.1) is 16.8 Å². The lowest BCUT2D eigenvalue weighted by Crippen LogP contribution is -2.26. The van der Waals surface area contributed by atoms with Gasteiger partial charge in [-0.25, -0.2) is 4.98 Å². The lowest BCUT2D eigenvalue weighted by molar-refractivity contribution is -0.384. The summed E-state index contributed by atoms with van der Waals surface area (Å²) in [6.45, 7) is 7.78. The lowest BCUT2D eigenvalue weighted by atomic mass is 10.1. The highest BCUT2D eigenvalue weighted by molar-refractivity contribution is 5.64. The lowest BCUT2D eigenvalue weighted by Gasteiger charge is -2.21. The number of rotatable bonds is 13. The Labute approximate surface area is 219 Å². The number of hydrogen-bond acceptors (Lipinski definition) is 8. The Morgan fingerprint density at radius 2 is 1.85 bits per heavy atom. The summed E-state index contributed by atoms with van der Waals surface area (Å²) >= 11 is 0. The first-order chi connectivity index (χ1) is 18.4. The van der Waals surface area contributed by atoms with Crippen LogP contribution in [0.25, 0.3) is 11.6 Å². The predicted molar refractivity (Wildman–Crippen MR) is 128 cm³/mol. The normalized spacial score (nSPS) is 13.5. The smallest absolute Gasteiger partial charge is 0.421 e. The van der Waals surface area contributed by atoms with Gasteiger partial charge in [-0.3, -0.25) is 10.1 Å². The molecule has 0 saturated carbocycles. The number of nitrogens with zero attached hydrogens (tertiary/aromatic N) is 4. The highest BCUT2D eigenvalue weighted by atomic mass is 19.4. The molecule has 2 atom stereocenters. The molecule has 2 aromatic heterocycles. The fraction of sp³-hybridized carbons (Fsp3) is 0.320. The van der Waals surface area contributed by atoms with E-state index in [4.69, 9.17) is 13.9 Å². The summed E-state index contributed by atoms with van der Waals surface area (Å²) in [5.74, 6) is -6.30. The number of aromatic nitrogens is 3. The van der Waals surface area contributed by atoms with Crippen LogP contribution in [0.1, 0.15) is 42.9 Å². The summed E-state index contributed by atoms with van der Waals surface area (Å²) < 4.78 is 86.4. The number of nitro groups is 1. The molecule has 0 N–H and O–H groups in total. The number of benzene rings is 1. The van der Waals surface area contributed by atoms with Crippen molar-refractivity contribution < 1.29 is 40.8 Å². The van der Waals surface area contributed by atoms with Gasteiger partial charge in [-0.2, -0.15) is 22.0 Å². The summed E-state index contributed by atoms with van der Waals surface area (Å²) in [6, 6.07) is 8.50. The first-order valence-electron chi connectivity index (χ1n) is 11.4. The topological polar surface area (TPSA) is 113 Å². The van der Waals surface area contributed by atoms with Crippen molar-refractivity contribution in [2.75, 3.05) is 0 Å². The number of alkyl halides is 5. The minimum atomic E-state index is -5.06. The minimum absolute atomic E-state index is 0.212. The molecular weight excluding hydrogens is 531 g/mol. The summed E-state index contributed by atoms with van der Waals surface area (Å²) in [6.07, 6.45) is -5.50. The third kappa shape index (κ3) is 7.22. The SMILES string of the molecule is C=CCC[C@@H](C)Oc1nc(-c2nnc(C(OCc3ccccc3)C(F)(F)C=C)o2)c([N+](=O)[O-])cc1C(F)(F)F. The molecule has 0 saturated heterocycles. The van der Waals surface area contributed by atoms with Crippen LogP contribution >= 0.6 is 0 Å². The number of hydrogen-bond donors (Lipinski definition) is 0. The van der Waals surface area contributed by atoms with Crippen molar-refractivity contribution in [2.24, 2.45) is 0 Å². The molecule has 0 aliphatic heterocycles. The van der Waals surface area contributed by atoms with Crippen LogP contribution in [0.15, 0.2) is 66.1 Å². The van der Waals surface area contributed by atoms with Crippen LogP contribution in [0.5, 0.6) is 5.88 Å². The highest BCUT2D eigenvalue weighted by Crippen LogP contribution is 2.42. The second kappa shape index (κ2) is 12.1. The van der Waals surface area contributed by atoms with E-state index in [2.05, 4.69) is 28.3 Å². The molecule has 0 radical (unpaired) electrons. The summed E-state index contributed by atoms with van der Waals surface area (Å²) in [5, 5.41) is 18.7. The zero-order valence-electron chi connectivity index (χ0n) is 20.5. The largest absolute Gasteiger partial charge is 0.474 e. The molecule has 9 nitrogen and oxygen atoms in total. The second-order valence-corrected chi connectivity index (χ2v) is 8.26. The average Bonchev–Trinajstić information content (AvgIpc) is 3.36. The zero-order valence-corrected chi connectivity index (χ0v) is 20.5. The average molecular weight is 554 g/mol. The molecule has 0 amide bonds. The maximum Gasteiger partial charge on any atom is 0.421 e. The molecular formula is C25H23F5N4O5. The molecule has 1 unspecified atom stereocenters. The van der Waals surface area contributed by atoms with E-state index < -0.39 is 63.8 Å². The van der Waals surface area contributed by atoms with Crippen LogP contribution in [0.4, 0.5) is 27.6 Å². The number of allylic oxidation sites excluding steroid dienone is 1. The molecule has 0 bridgehead atoms. The van der Waals surface area contributed by atoms with Crippen molar-refractivity contribution in [3.63, 3.8) is 0 Å². The van der Waals surface area contributed by atoms with E-state index >= 15 is 0 Å². The van der Waals surface area contributed by atoms with Gasteiger partial charge in [0.05, 0.1) is 17.6 Å². The summed E-state index contributed by atoms with van der Waals surface area (Å²) in [5.41, 5.74) is -2.93. The third-order valence-electron chi connectivity index (χ3n) is 5.31. The summed E-state index contributed by atoms with van der Waals surface area (Å²) in [4.78, 5) is 14.2. The Morgan fingerprint density at radius 3 is 2.44 bits per heavy atom. The predicted octanol–water partition coefficient (Wildman–Crippen LogP) is 6.87. The number of ether oxygens (including phenoxy) is 2. The zero-order chi connectivity index (χ0) is 28.8. The van der Waals surface area contributed by atoms with E-state index in [1.165, 1.54) is 13.0 Å². The monoisotopic (exact) mass is 554 g/mol. The van der Waals surface area contributed by atoms with Crippen molar-refractivity contribution in [1.29, 1.82) is 0 Å². The molecule has 0 spiro atoms. The maximum atomic E-state index is 14.7. The molecule has 208 valence electrons. The van der Waals surface area contributed by atoms with Gasteiger partial charge < -0.3 is 13.9 Å². The Morgan fingerprint density at radius 1 is 1.15 bits per heavy atom. The van der Waals surface area contributed by atoms with E-state index in [9.17, 15) is 32.1 Å². The summed E-state index contributed by atoms with van der Waals surface area (Å²) in [7, 11) is 0. The first kappa shape index (κ1) is 29.4. The van der Waals surface area contributed by atoms with Crippen molar-refractivity contribution in [1.82, 2.24) is 15.2 Å². The molecule has 3 aromatic rings. The van der Waals surface area contributed by atoms with Crippen LogP contribution in [-0.2, 0) is 17.5 Å². The van der Waals surface area contributed by atoms with Gasteiger partial charge in [-0.1, -0.05) is 43.0 Å². The van der Waals surface area contributed by atoms with Gasteiger partial charge in [0, 0.05) is 6.07 Å². The fourth-order valence-corrected chi connectivity index (χ4v) is 3.32. The molecule has 0 fully saturated rings. The molecule has 1 aromatic carbocycles. The quantitative estimate of drug-likeness (QED) is 0.0973. The first-order valence-corrected chi connectivity index (χ1v) is 11.4. The van der Waals surface area contributed by atoms with Crippen LogP contribution in [-0.4, -0.2) is 32.1 Å². The second-order valence-electron chi connectivity index (χ2n) is 8.26. The fourth-order valence-electron chi connectivity index (χ4n) is 3.32. The van der Waals surface area contributed by atoms with Crippen molar-refractivity contribution in [3.8, 4) is 17.5 Å². The Kier molecular flexibility index (Phi) is 9.11. The van der Waals surface area contributed by atoms with Crippen molar-refractivity contribution in [2.45, 2.75) is 50.7 Å². The Bertz CT molecular complexity index is 1310. The molecule has 2 heterocycles. The molecule has 39 heavy (non-hydrogen) atoms. The van der Waals surface area contributed by atoms with E-state index in [0.29, 0.717) is 18.1 Å². The third-order valence-corrected chi connectivity index (χ3v) is 5.31. The molecule has 14 heteroatoms. The number of halogens is 5. The van der Waals surface area contributed by atoms with Crippen molar-refractivity contribution >= 4 is 5.69 Å². The van der Waals surface area contributed by atoms with Crippen molar-refractivity contribution in [3.05, 3.63) is 88.8 Å². The van der Waals surface area contributed by atoms with Gasteiger partial charge >= 0.3 is 17.8 Å². The Balaban J connectivity index is 2.06. The van der Waals surface area contributed by atoms with Gasteiger partial charge in [0.15, 0.2) is 0 Å². The van der Waals surface area contributed by atoms with Crippen LogP contribution in [0.3, 0.4) is 0 Å². The molecule has 0 aliphatic carbocycles.